The number of alkyl carbamates (subject to hydrolysis) is 1. The normalized spacial score (nSPS) is 13.7. The van der Waals surface area contributed by atoms with E-state index in [-0.39, 0.29) is 6.61 Å². The predicted octanol–water partition coefficient (Wildman–Crippen LogP) is 6.40. The average molecular weight is 544 g/mol. The standard InChI is InChI=1S/C29H53NO8/c1-8-9-10-11-12-13-14-15-16-17-18-19-20-26(36-23(3)32)27(37-24(4)33)25(21-35-22(2)31)30-28(34)38-29(5,6)7/h25-27H,8-21H2,1-7H3,(H,30,34)/t25-,26-,27+/m0/s1. The van der Waals surface area contributed by atoms with Gasteiger partial charge in [-0.3, -0.25) is 14.4 Å². The Morgan fingerprint density at radius 2 is 1.16 bits per heavy atom. The summed E-state index contributed by atoms with van der Waals surface area (Å²) in [6.45, 7) is 10.9. The molecule has 0 aromatic carbocycles. The number of esters is 3. The van der Waals surface area contributed by atoms with Gasteiger partial charge in [0.2, 0.25) is 0 Å². The molecule has 0 aromatic heterocycles. The number of hydrogen-bond donors (Lipinski definition) is 1. The summed E-state index contributed by atoms with van der Waals surface area (Å²) in [6.07, 6.45) is 12.0. The number of nitrogens with one attached hydrogen (secondary N) is 1. The molecular formula is C29H53NO8. The van der Waals surface area contributed by atoms with E-state index in [2.05, 4.69) is 12.2 Å². The van der Waals surface area contributed by atoms with Gasteiger partial charge in [-0.25, -0.2) is 4.79 Å². The van der Waals surface area contributed by atoms with Gasteiger partial charge in [0.1, 0.15) is 24.4 Å². The molecule has 1 amide bonds. The summed E-state index contributed by atoms with van der Waals surface area (Å²) >= 11 is 0. The Kier molecular flexibility index (Phi) is 19.4. The van der Waals surface area contributed by atoms with Crippen LogP contribution in [0, 0.1) is 0 Å². The van der Waals surface area contributed by atoms with Gasteiger partial charge >= 0.3 is 24.0 Å². The number of carbonyl (C=O) groups is 4. The van der Waals surface area contributed by atoms with Crippen molar-refractivity contribution in [2.45, 2.75) is 156 Å². The number of rotatable bonds is 20. The fourth-order valence-electron chi connectivity index (χ4n) is 4.18. The van der Waals surface area contributed by atoms with Gasteiger partial charge in [0, 0.05) is 20.8 Å². The lowest BCUT2D eigenvalue weighted by atomic mass is 9.98. The monoisotopic (exact) mass is 543 g/mol. The maximum absolute atomic E-state index is 12.5. The highest BCUT2D eigenvalue weighted by Gasteiger charge is 2.37. The van der Waals surface area contributed by atoms with Gasteiger partial charge in [-0.15, -0.1) is 0 Å². The summed E-state index contributed by atoms with van der Waals surface area (Å²) in [5, 5.41) is 2.63. The molecule has 0 aliphatic carbocycles. The molecule has 0 saturated carbocycles. The van der Waals surface area contributed by atoms with Crippen molar-refractivity contribution >= 4 is 24.0 Å². The van der Waals surface area contributed by atoms with E-state index in [1.165, 1.54) is 72.1 Å². The van der Waals surface area contributed by atoms with Crippen molar-refractivity contribution in [1.82, 2.24) is 5.32 Å². The molecule has 0 fully saturated rings. The quantitative estimate of drug-likeness (QED) is 0.106. The highest BCUT2D eigenvalue weighted by Crippen LogP contribution is 2.20. The lowest BCUT2D eigenvalue weighted by Gasteiger charge is -2.33. The van der Waals surface area contributed by atoms with Gasteiger partial charge in [0.25, 0.3) is 0 Å². The van der Waals surface area contributed by atoms with E-state index < -0.39 is 47.9 Å². The minimum Gasteiger partial charge on any atom is -0.464 e. The number of ether oxygens (including phenoxy) is 4. The molecule has 0 heterocycles. The summed E-state index contributed by atoms with van der Waals surface area (Å²) in [5.74, 6) is -1.71. The van der Waals surface area contributed by atoms with Gasteiger partial charge in [-0.1, -0.05) is 77.6 Å². The Morgan fingerprint density at radius 1 is 0.684 bits per heavy atom. The van der Waals surface area contributed by atoms with Gasteiger partial charge in [-0.2, -0.15) is 0 Å². The molecule has 0 radical (unpaired) electrons. The van der Waals surface area contributed by atoms with Crippen molar-refractivity contribution in [2.75, 3.05) is 6.61 Å². The number of carbonyl (C=O) groups excluding carboxylic acids is 4. The second-order valence-electron chi connectivity index (χ2n) is 11.0. The van der Waals surface area contributed by atoms with Crippen LogP contribution in [0.5, 0.6) is 0 Å². The summed E-state index contributed by atoms with van der Waals surface area (Å²) in [5.41, 5.74) is -0.767. The average Bonchev–Trinajstić information content (AvgIpc) is 2.78. The number of hydrogen-bond acceptors (Lipinski definition) is 8. The van der Waals surface area contributed by atoms with Crippen LogP contribution in [0.3, 0.4) is 0 Å². The number of unbranched alkanes of at least 4 members (excludes halogenated alkanes) is 11. The molecule has 9 heteroatoms. The van der Waals surface area contributed by atoms with Crippen LogP contribution in [0.4, 0.5) is 4.79 Å². The van der Waals surface area contributed by atoms with Crippen LogP contribution >= 0.6 is 0 Å². The van der Waals surface area contributed by atoms with Crippen molar-refractivity contribution < 1.29 is 38.1 Å². The van der Waals surface area contributed by atoms with Crippen molar-refractivity contribution in [3.05, 3.63) is 0 Å². The van der Waals surface area contributed by atoms with E-state index in [4.69, 9.17) is 18.9 Å². The first-order valence-corrected chi connectivity index (χ1v) is 14.3. The topological polar surface area (TPSA) is 117 Å². The first-order valence-electron chi connectivity index (χ1n) is 14.3. The minimum atomic E-state index is -1.06. The molecule has 38 heavy (non-hydrogen) atoms. The van der Waals surface area contributed by atoms with Gasteiger partial charge in [0.15, 0.2) is 6.10 Å². The molecule has 3 atom stereocenters. The third-order valence-electron chi connectivity index (χ3n) is 5.89. The maximum Gasteiger partial charge on any atom is 0.408 e. The highest BCUT2D eigenvalue weighted by atomic mass is 16.6. The molecule has 222 valence electrons. The Bertz CT molecular complexity index is 689. The van der Waals surface area contributed by atoms with E-state index in [9.17, 15) is 19.2 Å². The molecule has 0 aromatic rings. The molecule has 0 saturated heterocycles. The minimum absolute atomic E-state index is 0.275. The first-order chi connectivity index (χ1) is 17.9. The summed E-state index contributed by atoms with van der Waals surface area (Å²) < 4.78 is 21.5. The molecular weight excluding hydrogens is 490 g/mol. The van der Waals surface area contributed by atoms with Crippen molar-refractivity contribution in [1.29, 1.82) is 0 Å². The third-order valence-corrected chi connectivity index (χ3v) is 5.89. The van der Waals surface area contributed by atoms with Crippen LogP contribution in [0.25, 0.3) is 0 Å². The lowest BCUT2D eigenvalue weighted by molar-refractivity contribution is -0.170. The molecule has 0 aliphatic heterocycles. The summed E-state index contributed by atoms with van der Waals surface area (Å²) in [6, 6.07) is -0.973. The molecule has 0 unspecified atom stereocenters. The zero-order valence-corrected chi connectivity index (χ0v) is 24.9. The van der Waals surface area contributed by atoms with E-state index in [1.54, 1.807) is 20.8 Å². The Hall–Kier alpha value is -2.32. The second kappa shape index (κ2) is 20.6. The molecule has 1 N–H and O–H groups in total. The zero-order chi connectivity index (χ0) is 29.0. The van der Waals surface area contributed by atoms with Crippen molar-refractivity contribution in [3.63, 3.8) is 0 Å². The van der Waals surface area contributed by atoms with Crippen LogP contribution < -0.4 is 5.32 Å². The Morgan fingerprint density at radius 3 is 1.58 bits per heavy atom. The van der Waals surface area contributed by atoms with Crippen LogP contribution in [-0.2, 0) is 33.3 Å². The van der Waals surface area contributed by atoms with E-state index in [0.29, 0.717) is 6.42 Å². The lowest BCUT2D eigenvalue weighted by Crippen LogP contribution is -2.54. The molecule has 0 aliphatic rings. The second-order valence-corrected chi connectivity index (χ2v) is 11.0. The Labute approximate surface area is 230 Å². The summed E-state index contributed by atoms with van der Waals surface area (Å²) in [4.78, 5) is 47.9. The van der Waals surface area contributed by atoms with Crippen LogP contribution in [0.1, 0.15) is 132 Å². The Balaban J connectivity index is 5.07. The molecule has 0 bridgehead atoms. The van der Waals surface area contributed by atoms with Gasteiger partial charge < -0.3 is 24.3 Å². The number of amides is 1. The summed E-state index contributed by atoms with van der Waals surface area (Å²) in [7, 11) is 0. The molecule has 9 nitrogen and oxygen atoms in total. The fraction of sp³-hybridized carbons (Fsp3) is 0.862. The van der Waals surface area contributed by atoms with E-state index in [0.717, 1.165) is 25.7 Å². The fourth-order valence-corrected chi connectivity index (χ4v) is 4.18. The van der Waals surface area contributed by atoms with Crippen LogP contribution in [-0.4, -0.2) is 54.5 Å². The SMILES string of the molecule is CCCCCCCCCCCCCC[C@H](OC(C)=O)[C@H](OC(C)=O)[C@H](COC(C)=O)NC(=O)OC(C)(C)C. The maximum atomic E-state index is 12.5. The third kappa shape index (κ3) is 20.7. The largest absolute Gasteiger partial charge is 0.464 e. The van der Waals surface area contributed by atoms with E-state index >= 15 is 0 Å². The van der Waals surface area contributed by atoms with Gasteiger partial charge in [0.05, 0.1) is 0 Å². The molecule has 0 spiro atoms. The first kappa shape index (κ1) is 35.7. The van der Waals surface area contributed by atoms with Crippen LogP contribution in [0.2, 0.25) is 0 Å². The predicted molar refractivity (Wildman–Crippen MR) is 147 cm³/mol. The highest BCUT2D eigenvalue weighted by molar-refractivity contribution is 5.70. The molecule has 0 rings (SSSR count). The zero-order valence-electron chi connectivity index (χ0n) is 24.9. The smallest absolute Gasteiger partial charge is 0.408 e. The van der Waals surface area contributed by atoms with Crippen molar-refractivity contribution in [2.24, 2.45) is 0 Å². The van der Waals surface area contributed by atoms with E-state index in [1.807, 2.05) is 0 Å². The van der Waals surface area contributed by atoms with Crippen LogP contribution in [0.15, 0.2) is 0 Å². The van der Waals surface area contributed by atoms with Gasteiger partial charge in [-0.05, 0) is 33.6 Å². The van der Waals surface area contributed by atoms with Crippen molar-refractivity contribution in [3.8, 4) is 0 Å².